The highest BCUT2D eigenvalue weighted by Gasteiger charge is 2.34. The van der Waals surface area contributed by atoms with Gasteiger partial charge in [0.25, 0.3) is 5.91 Å². The monoisotopic (exact) mass is 277 g/mol. The second-order valence-corrected chi connectivity index (χ2v) is 5.97. The molecule has 2 rings (SSSR count). The molecule has 1 aromatic rings. The van der Waals surface area contributed by atoms with E-state index in [4.69, 9.17) is 0 Å². The molecule has 0 heterocycles. The number of amides is 1. The third kappa shape index (κ3) is 3.12. The smallest absolute Gasteiger partial charge is 0.251 e. The van der Waals surface area contributed by atoms with E-state index in [-0.39, 0.29) is 24.1 Å². The molecule has 1 aromatic carbocycles. The first-order valence-electron chi connectivity index (χ1n) is 7.21. The second kappa shape index (κ2) is 5.83. The summed E-state index contributed by atoms with van der Waals surface area (Å²) in [5.41, 5.74) is 0.148. The van der Waals surface area contributed by atoms with Crippen LogP contribution < -0.4 is 5.32 Å². The maximum Gasteiger partial charge on any atom is 0.251 e. The van der Waals surface area contributed by atoms with Gasteiger partial charge in [0.15, 0.2) is 0 Å². The van der Waals surface area contributed by atoms with Crippen LogP contribution in [-0.4, -0.2) is 28.3 Å². The number of carbonyl (C=O) groups is 1. The number of rotatable bonds is 4. The predicted octanol–water partition coefficient (Wildman–Crippen LogP) is 2.37. The molecule has 1 atom stereocenters. The Morgan fingerprint density at radius 1 is 1.40 bits per heavy atom. The first-order valence-corrected chi connectivity index (χ1v) is 7.21. The molecule has 4 nitrogen and oxygen atoms in total. The Balaban J connectivity index is 1.99. The normalized spacial score (nSPS) is 18.8. The summed E-state index contributed by atoms with van der Waals surface area (Å²) in [6, 6.07) is 4.88. The fourth-order valence-electron chi connectivity index (χ4n) is 2.92. The van der Waals surface area contributed by atoms with E-state index < -0.39 is 5.60 Å². The van der Waals surface area contributed by atoms with E-state index >= 15 is 0 Å². The van der Waals surface area contributed by atoms with Gasteiger partial charge in [-0.25, -0.2) is 0 Å². The Hall–Kier alpha value is -1.55. The van der Waals surface area contributed by atoms with Crippen LogP contribution in [0.25, 0.3) is 0 Å². The van der Waals surface area contributed by atoms with Crippen molar-refractivity contribution in [2.24, 2.45) is 5.92 Å². The van der Waals surface area contributed by atoms with Crippen LogP contribution in [0.1, 0.15) is 48.5 Å². The second-order valence-electron chi connectivity index (χ2n) is 5.97. The maximum absolute atomic E-state index is 12.1. The molecule has 0 spiro atoms. The molecule has 1 fully saturated rings. The zero-order chi connectivity index (χ0) is 14.8. The maximum atomic E-state index is 12.1. The van der Waals surface area contributed by atoms with Crippen LogP contribution in [-0.2, 0) is 0 Å². The number of hydrogen-bond donors (Lipinski definition) is 3. The van der Waals surface area contributed by atoms with Crippen molar-refractivity contribution in [1.82, 2.24) is 5.32 Å². The molecule has 1 saturated carbocycles. The van der Waals surface area contributed by atoms with E-state index in [2.05, 4.69) is 5.32 Å². The lowest BCUT2D eigenvalue weighted by Crippen LogP contribution is -2.45. The summed E-state index contributed by atoms with van der Waals surface area (Å²) in [6.45, 7) is 3.74. The SMILES string of the molecule is Cc1c(O)cccc1C(=O)NCC(C)(O)C1CCCC1. The van der Waals surface area contributed by atoms with Gasteiger partial charge in [-0.05, 0) is 44.7 Å². The van der Waals surface area contributed by atoms with E-state index in [9.17, 15) is 15.0 Å². The van der Waals surface area contributed by atoms with Crippen LogP contribution in [0.15, 0.2) is 18.2 Å². The van der Waals surface area contributed by atoms with E-state index in [0.717, 1.165) is 25.7 Å². The minimum atomic E-state index is -0.864. The number of phenols is 1. The Morgan fingerprint density at radius 2 is 2.05 bits per heavy atom. The van der Waals surface area contributed by atoms with Crippen LogP contribution in [0, 0.1) is 12.8 Å². The highest BCUT2D eigenvalue weighted by molar-refractivity contribution is 5.96. The van der Waals surface area contributed by atoms with Crippen molar-refractivity contribution in [3.8, 4) is 5.75 Å². The number of carbonyl (C=O) groups excluding carboxylic acids is 1. The molecule has 0 bridgehead atoms. The quantitative estimate of drug-likeness (QED) is 0.791. The first kappa shape index (κ1) is 14.9. The van der Waals surface area contributed by atoms with E-state index in [1.54, 1.807) is 32.0 Å². The van der Waals surface area contributed by atoms with Gasteiger partial charge in [-0.15, -0.1) is 0 Å². The standard InChI is InChI=1S/C16H23NO3/c1-11-13(8-5-9-14(11)18)15(19)17-10-16(2,20)12-6-3-4-7-12/h5,8-9,12,18,20H,3-4,6-7,10H2,1-2H3,(H,17,19). The fourth-order valence-corrected chi connectivity index (χ4v) is 2.92. The zero-order valence-electron chi connectivity index (χ0n) is 12.1. The first-order chi connectivity index (χ1) is 9.42. The predicted molar refractivity (Wildman–Crippen MR) is 77.8 cm³/mol. The van der Waals surface area contributed by atoms with Crippen molar-refractivity contribution < 1.29 is 15.0 Å². The largest absolute Gasteiger partial charge is 0.508 e. The van der Waals surface area contributed by atoms with Gasteiger partial charge in [0.1, 0.15) is 5.75 Å². The topological polar surface area (TPSA) is 69.6 Å². The Kier molecular flexibility index (Phi) is 4.33. The number of hydrogen-bond acceptors (Lipinski definition) is 3. The molecule has 1 unspecified atom stereocenters. The molecule has 1 aliphatic carbocycles. The van der Waals surface area contributed by atoms with Crippen molar-refractivity contribution in [3.63, 3.8) is 0 Å². The molecule has 1 aliphatic rings. The van der Waals surface area contributed by atoms with Gasteiger partial charge in [-0.3, -0.25) is 4.79 Å². The van der Waals surface area contributed by atoms with Crippen molar-refractivity contribution in [2.45, 2.75) is 45.1 Å². The average Bonchev–Trinajstić information content (AvgIpc) is 2.94. The van der Waals surface area contributed by atoms with Gasteiger partial charge in [-0.1, -0.05) is 18.9 Å². The van der Waals surface area contributed by atoms with Crippen molar-refractivity contribution in [1.29, 1.82) is 0 Å². The number of nitrogens with one attached hydrogen (secondary N) is 1. The lowest BCUT2D eigenvalue weighted by Gasteiger charge is -2.30. The lowest BCUT2D eigenvalue weighted by atomic mass is 9.87. The summed E-state index contributed by atoms with van der Waals surface area (Å²) in [5.74, 6) is 0.116. The summed E-state index contributed by atoms with van der Waals surface area (Å²) >= 11 is 0. The van der Waals surface area contributed by atoms with E-state index in [1.807, 2.05) is 0 Å². The molecular weight excluding hydrogens is 254 g/mol. The summed E-state index contributed by atoms with van der Waals surface area (Å²) in [5, 5.41) is 22.9. The fraction of sp³-hybridized carbons (Fsp3) is 0.562. The minimum Gasteiger partial charge on any atom is -0.508 e. The Bertz CT molecular complexity index is 490. The van der Waals surface area contributed by atoms with Crippen LogP contribution in [0.4, 0.5) is 0 Å². The van der Waals surface area contributed by atoms with Gasteiger partial charge in [0, 0.05) is 17.7 Å². The molecule has 1 amide bonds. The number of phenolic OH excluding ortho intramolecular Hbond substituents is 1. The van der Waals surface area contributed by atoms with Crippen LogP contribution in [0.5, 0.6) is 5.75 Å². The molecule has 0 radical (unpaired) electrons. The van der Waals surface area contributed by atoms with Crippen molar-refractivity contribution in [2.75, 3.05) is 6.54 Å². The van der Waals surface area contributed by atoms with Crippen LogP contribution >= 0.6 is 0 Å². The van der Waals surface area contributed by atoms with E-state index in [0.29, 0.717) is 11.1 Å². The lowest BCUT2D eigenvalue weighted by molar-refractivity contribution is 0.00284. The molecule has 20 heavy (non-hydrogen) atoms. The third-order valence-corrected chi connectivity index (χ3v) is 4.39. The molecule has 0 saturated heterocycles. The Morgan fingerprint density at radius 3 is 2.70 bits per heavy atom. The van der Waals surface area contributed by atoms with Gasteiger partial charge >= 0.3 is 0 Å². The molecular formula is C16H23NO3. The highest BCUT2D eigenvalue weighted by Crippen LogP contribution is 2.33. The van der Waals surface area contributed by atoms with Gasteiger partial charge < -0.3 is 15.5 Å². The van der Waals surface area contributed by atoms with Crippen molar-refractivity contribution in [3.05, 3.63) is 29.3 Å². The summed E-state index contributed by atoms with van der Waals surface area (Å²) < 4.78 is 0. The molecule has 0 aromatic heterocycles. The highest BCUT2D eigenvalue weighted by atomic mass is 16.3. The molecule has 4 heteroatoms. The van der Waals surface area contributed by atoms with Crippen LogP contribution in [0.2, 0.25) is 0 Å². The molecule has 3 N–H and O–H groups in total. The van der Waals surface area contributed by atoms with Gasteiger partial charge in [-0.2, -0.15) is 0 Å². The van der Waals surface area contributed by atoms with E-state index in [1.165, 1.54) is 0 Å². The molecule has 0 aliphatic heterocycles. The summed E-state index contributed by atoms with van der Waals surface area (Å²) in [6.07, 6.45) is 4.35. The van der Waals surface area contributed by atoms with Crippen LogP contribution in [0.3, 0.4) is 0 Å². The average molecular weight is 277 g/mol. The molecule has 110 valence electrons. The summed E-state index contributed by atoms with van der Waals surface area (Å²) in [4.78, 5) is 12.1. The number of aromatic hydroxyl groups is 1. The van der Waals surface area contributed by atoms with Gasteiger partial charge in [0.05, 0.1) is 5.60 Å². The van der Waals surface area contributed by atoms with Crippen molar-refractivity contribution >= 4 is 5.91 Å². The zero-order valence-corrected chi connectivity index (χ0v) is 12.1. The summed E-state index contributed by atoms with van der Waals surface area (Å²) in [7, 11) is 0. The number of aliphatic hydroxyl groups is 1. The minimum absolute atomic E-state index is 0.111. The number of benzene rings is 1. The Labute approximate surface area is 119 Å². The van der Waals surface area contributed by atoms with Gasteiger partial charge in [0.2, 0.25) is 0 Å². The third-order valence-electron chi connectivity index (χ3n) is 4.39.